The maximum Gasteiger partial charge on any atom is 0.262 e. The molecule has 0 aliphatic carbocycles. The van der Waals surface area contributed by atoms with Gasteiger partial charge in [0.15, 0.2) is 10.9 Å². The normalized spacial score (nSPS) is 11.7. The second-order valence-electron chi connectivity index (χ2n) is 7.65. The third kappa shape index (κ3) is 5.00. The van der Waals surface area contributed by atoms with E-state index in [-0.39, 0.29) is 23.8 Å². The van der Waals surface area contributed by atoms with Gasteiger partial charge in [-0.05, 0) is 36.8 Å². The molecule has 6 nitrogen and oxygen atoms in total. The van der Waals surface area contributed by atoms with Crippen molar-refractivity contribution in [3.05, 3.63) is 113 Å². The maximum atomic E-state index is 13.5. The van der Waals surface area contributed by atoms with Crippen molar-refractivity contribution in [3.63, 3.8) is 0 Å². The third-order valence-electron chi connectivity index (χ3n) is 5.24. The number of nitrogens with one attached hydrogen (secondary N) is 1. The first kappa shape index (κ1) is 23.2. The summed E-state index contributed by atoms with van der Waals surface area (Å²) in [5.74, 6) is -0.372. The number of fused-ring (bicyclic) bond motifs is 1. The first-order valence-corrected chi connectivity index (χ1v) is 11.6. The fourth-order valence-electron chi connectivity index (χ4n) is 3.56. The highest BCUT2D eigenvalue weighted by atomic mass is 32.2. The van der Waals surface area contributed by atoms with Crippen molar-refractivity contribution in [2.45, 2.75) is 23.9 Å². The lowest BCUT2D eigenvalue weighted by Gasteiger charge is -2.19. The highest BCUT2D eigenvalue weighted by molar-refractivity contribution is 8.00. The van der Waals surface area contributed by atoms with Crippen LogP contribution in [-0.4, -0.2) is 21.2 Å². The Balaban J connectivity index is 1.75. The van der Waals surface area contributed by atoms with Gasteiger partial charge in [-0.3, -0.25) is 19.0 Å². The van der Waals surface area contributed by atoms with Crippen molar-refractivity contribution in [3.8, 4) is 0 Å². The van der Waals surface area contributed by atoms with Gasteiger partial charge >= 0.3 is 0 Å². The Kier molecular flexibility index (Phi) is 7.04. The zero-order chi connectivity index (χ0) is 24.1. The maximum absolute atomic E-state index is 13.5. The monoisotopic (exact) mass is 469 g/mol. The molecule has 34 heavy (non-hydrogen) atoms. The molecule has 1 amide bonds. The molecular formula is C27H23N3O3S. The third-order valence-corrected chi connectivity index (χ3v) is 6.48. The summed E-state index contributed by atoms with van der Waals surface area (Å²) in [7, 11) is 0. The highest BCUT2D eigenvalue weighted by Gasteiger charge is 2.25. The van der Waals surface area contributed by atoms with Crippen LogP contribution < -0.4 is 10.9 Å². The molecule has 3 aromatic carbocycles. The number of hydrogen-bond acceptors (Lipinski definition) is 5. The molecule has 0 aliphatic rings. The Bertz CT molecular complexity index is 1430. The molecule has 170 valence electrons. The standard InChI is InChI=1S/C27H23N3O3S/c1-3-16-30-26(33)22-14-7-8-15-23(22)29-27(30)34-24(19-10-5-4-6-11-19)25(32)28-21-13-9-12-20(17-21)18(2)31/h3-15,17,24H,1,16H2,2H3,(H,28,32)/t24-/m0/s1. The van der Waals surface area contributed by atoms with Crippen LogP contribution in [0.3, 0.4) is 0 Å². The van der Waals surface area contributed by atoms with Crippen LogP contribution in [0.2, 0.25) is 0 Å². The number of para-hydroxylation sites is 1. The van der Waals surface area contributed by atoms with Gasteiger partial charge in [0.2, 0.25) is 5.91 Å². The van der Waals surface area contributed by atoms with Crippen LogP contribution in [-0.2, 0) is 11.3 Å². The largest absolute Gasteiger partial charge is 0.325 e. The molecule has 1 aromatic heterocycles. The van der Waals surface area contributed by atoms with Crippen LogP contribution in [0.1, 0.15) is 28.1 Å². The van der Waals surface area contributed by atoms with E-state index in [4.69, 9.17) is 4.98 Å². The molecule has 0 radical (unpaired) electrons. The van der Waals surface area contributed by atoms with Gasteiger partial charge in [0, 0.05) is 17.8 Å². The number of carbonyl (C=O) groups is 2. The number of hydrogen-bond donors (Lipinski definition) is 1. The summed E-state index contributed by atoms with van der Waals surface area (Å²) >= 11 is 1.20. The van der Waals surface area contributed by atoms with Gasteiger partial charge in [-0.25, -0.2) is 4.98 Å². The van der Waals surface area contributed by atoms with E-state index in [1.807, 2.05) is 36.4 Å². The number of benzene rings is 3. The summed E-state index contributed by atoms with van der Waals surface area (Å²) < 4.78 is 1.53. The van der Waals surface area contributed by atoms with E-state index in [9.17, 15) is 14.4 Å². The number of amides is 1. The van der Waals surface area contributed by atoms with Crippen molar-refractivity contribution in [2.24, 2.45) is 0 Å². The zero-order valence-electron chi connectivity index (χ0n) is 18.6. The zero-order valence-corrected chi connectivity index (χ0v) is 19.4. The van der Waals surface area contributed by atoms with E-state index < -0.39 is 5.25 Å². The number of carbonyl (C=O) groups excluding carboxylic acids is 2. The Morgan fingerprint density at radius 2 is 1.79 bits per heavy atom. The topological polar surface area (TPSA) is 81.1 Å². The van der Waals surface area contributed by atoms with Crippen LogP contribution in [0, 0.1) is 0 Å². The molecule has 1 N–H and O–H groups in total. The molecule has 1 heterocycles. The van der Waals surface area contributed by atoms with Crippen LogP contribution >= 0.6 is 11.8 Å². The Hall–Kier alpha value is -3.97. The number of thioether (sulfide) groups is 1. The highest BCUT2D eigenvalue weighted by Crippen LogP contribution is 2.35. The van der Waals surface area contributed by atoms with Gasteiger partial charge in [-0.2, -0.15) is 0 Å². The number of ketones is 1. The molecule has 0 spiro atoms. The number of rotatable bonds is 8. The number of allylic oxidation sites excluding steroid dienone is 1. The van der Waals surface area contributed by atoms with E-state index in [1.54, 1.807) is 48.5 Å². The fraction of sp³-hybridized carbons (Fsp3) is 0.111. The Morgan fingerprint density at radius 1 is 1.06 bits per heavy atom. The minimum absolute atomic E-state index is 0.0844. The number of nitrogens with zero attached hydrogens (tertiary/aromatic N) is 2. The van der Waals surface area contributed by atoms with Gasteiger partial charge in [-0.15, -0.1) is 6.58 Å². The summed E-state index contributed by atoms with van der Waals surface area (Å²) in [6, 6.07) is 23.3. The number of Topliss-reactive ketones (excluding diaryl/α,β-unsaturated/α-hetero) is 1. The molecule has 1 atom stereocenters. The molecule has 0 saturated heterocycles. The first-order valence-electron chi connectivity index (χ1n) is 10.7. The van der Waals surface area contributed by atoms with Crippen molar-refractivity contribution in [1.29, 1.82) is 0 Å². The molecule has 7 heteroatoms. The second-order valence-corrected chi connectivity index (χ2v) is 8.72. The quantitative estimate of drug-likeness (QED) is 0.165. The summed E-state index contributed by atoms with van der Waals surface area (Å²) in [5, 5.41) is 3.15. The average Bonchev–Trinajstić information content (AvgIpc) is 2.85. The van der Waals surface area contributed by atoms with Crippen LogP contribution in [0.25, 0.3) is 10.9 Å². The van der Waals surface area contributed by atoms with Crippen molar-refractivity contribution in [1.82, 2.24) is 9.55 Å². The molecule has 0 fully saturated rings. The summed E-state index contributed by atoms with van der Waals surface area (Å²) in [6.07, 6.45) is 1.63. The Morgan fingerprint density at radius 3 is 2.53 bits per heavy atom. The molecule has 0 saturated carbocycles. The number of anilines is 1. The molecule has 4 aromatic rings. The van der Waals surface area contributed by atoms with E-state index in [0.29, 0.717) is 27.3 Å². The Labute approximate surface area is 201 Å². The average molecular weight is 470 g/mol. The van der Waals surface area contributed by atoms with Crippen molar-refractivity contribution in [2.75, 3.05) is 5.32 Å². The summed E-state index contributed by atoms with van der Waals surface area (Å²) in [5.41, 5.74) is 2.18. The lowest BCUT2D eigenvalue weighted by molar-refractivity contribution is -0.115. The van der Waals surface area contributed by atoms with Gasteiger partial charge in [0.25, 0.3) is 5.56 Å². The predicted octanol–water partition coefficient (Wildman–Crippen LogP) is 5.26. The minimum atomic E-state index is -0.689. The SMILES string of the molecule is C=CCn1c(S[C@H](C(=O)Nc2cccc(C(C)=O)c2)c2ccccc2)nc2ccccc2c1=O. The van der Waals surface area contributed by atoms with Gasteiger partial charge in [0.05, 0.1) is 10.9 Å². The van der Waals surface area contributed by atoms with Gasteiger partial charge < -0.3 is 5.32 Å². The molecule has 0 bridgehead atoms. The smallest absolute Gasteiger partial charge is 0.262 e. The van der Waals surface area contributed by atoms with E-state index in [0.717, 1.165) is 5.56 Å². The van der Waals surface area contributed by atoms with Crippen molar-refractivity contribution >= 4 is 40.0 Å². The molecular weight excluding hydrogens is 446 g/mol. The lowest BCUT2D eigenvalue weighted by Crippen LogP contribution is -2.25. The van der Waals surface area contributed by atoms with E-state index in [1.165, 1.54) is 23.3 Å². The van der Waals surface area contributed by atoms with Gasteiger partial charge in [-0.1, -0.05) is 72.4 Å². The van der Waals surface area contributed by atoms with Crippen LogP contribution in [0.4, 0.5) is 5.69 Å². The lowest BCUT2D eigenvalue weighted by atomic mass is 10.1. The van der Waals surface area contributed by atoms with E-state index in [2.05, 4.69) is 11.9 Å². The first-order chi connectivity index (χ1) is 16.5. The van der Waals surface area contributed by atoms with Crippen molar-refractivity contribution < 1.29 is 9.59 Å². The van der Waals surface area contributed by atoms with E-state index >= 15 is 0 Å². The fourth-order valence-corrected chi connectivity index (χ4v) is 4.66. The summed E-state index contributed by atoms with van der Waals surface area (Å²) in [6.45, 7) is 5.51. The predicted molar refractivity (Wildman–Crippen MR) is 136 cm³/mol. The second kappa shape index (κ2) is 10.3. The van der Waals surface area contributed by atoms with Crippen LogP contribution in [0.15, 0.2) is 101 Å². The molecule has 0 aliphatic heterocycles. The van der Waals surface area contributed by atoms with Crippen LogP contribution in [0.5, 0.6) is 0 Å². The minimum Gasteiger partial charge on any atom is -0.325 e. The van der Waals surface area contributed by atoms with Gasteiger partial charge in [0.1, 0.15) is 5.25 Å². The molecule has 4 rings (SSSR count). The molecule has 0 unspecified atom stereocenters. The summed E-state index contributed by atoms with van der Waals surface area (Å²) in [4.78, 5) is 43.1. The number of aromatic nitrogens is 2.